The molecule has 0 aromatic heterocycles. The van der Waals surface area contributed by atoms with Crippen LogP contribution in [0, 0.1) is 5.92 Å². The van der Waals surface area contributed by atoms with E-state index in [1.807, 2.05) is 57.5 Å². The zero-order valence-corrected chi connectivity index (χ0v) is 14.0. The maximum atomic E-state index is 13.1. The van der Waals surface area contributed by atoms with Crippen molar-refractivity contribution in [2.45, 2.75) is 12.3 Å². The Balaban J connectivity index is 1.62. The number of carbonyl (C=O) groups excluding carboxylic acids is 1. The minimum atomic E-state index is -0.0437. The summed E-state index contributed by atoms with van der Waals surface area (Å²) in [7, 11) is 0. The van der Waals surface area contributed by atoms with Crippen LogP contribution in [-0.4, -0.2) is 22.0 Å². The molecule has 0 saturated carbocycles. The number of nitrogens with zero attached hydrogens (tertiary/aromatic N) is 2. The molecule has 0 spiro atoms. The highest BCUT2D eigenvalue weighted by Crippen LogP contribution is 2.38. The monoisotopic (exact) mass is 337 g/mol. The van der Waals surface area contributed by atoms with Gasteiger partial charge in [-0.15, -0.1) is 0 Å². The normalized spacial score (nSPS) is 23.7. The molecule has 2 aliphatic heterocycles. The predicted molar refractivity (Wildman–Crippen MR) is 96.2 cm³/mol. The van der Waals surface area contributed by atoms with Crippen LogP contribution in [-0.2, 0) is 11.2 Å². The van der Waals surface area contributed by atoms with Crippen LogP contribution in [0.1, 0.15) is 17.0 Å². The largest absolute Gasteiger partial charge is 0.298 e. The van der Waals surface area contributed by atoms with Crippen LogP contribution in [0.4, 0.5) is 0 Å². The smallest absolute Gasteiger partial charge is 0.243 e. The zero-order chi connectivity index (χ0) is 16.4. The summed E-state index contributed by atoms with van der Waals surface area (Å²) in [6.07, 6.45) is 2.61. The van der Waals surface area contributed by atoms with Crippen molar-refractivity contribution in [2.75, 3.05) is 6.54 Å². The average Bonchev–Trinajstić information content (AvgIpc) is 3.26. The van der Waals surface area contributed by atoms with Crippen LogP contribution < -0.4 is 5.43 Å². The number of rotatable bonds is 4. The molecule has 4 rings (SSSR count). The second-order valence-electron chi connectivity index (χ2n) is 6.04. The van der Waals surface area contributed by atoms with Crippen LogP contribution in [0.15, 0.2) is 72.3 Å². The summed E-state index contributed by atoms with van der Waals surface area (Å²) in [4.78, 5) is 13.1. The molecule has 2 aliphatic rings. The molecular weight excluding hydrogens is 318 g/mol. The fourth-order valence-corrected chi connectivity index (χ4v) is 4.03. The van der Waals surface area contributed by atoms with E-state index < -0.39 is 0 Å². The molecular formula is C19H19N3OS. The van der Waals surface area contributed by atoms with Crippen LogP contribution in [0.25, 0.3) is 0 Å². The van der Waals surface area contributed by atoms with E-state index in [4.69, 9.17) is 0 Å². The fraction of sp³-hybridized carbons (Fsp3) is 0.211. The molecule has 1 saturated heterocycles. The van der Waals surface area contributed by atoms with Gasteiger partial charge < -0.3 is 0 Å². The summed E-state index contributed by atoms with van der Waals surface area (Å²) in [5.74, 6) is 0.330. The van der Waals surface area contributed by atoms with E-state index in [1.54, 1.807) is 0 Å². The third kappa shape index (κ3) is 2.92. The van der Waals surface area contributed by atoms with Crippen molar-refractivity contribution in [3.05, 3.63) is 83.4 Å². The predicted octanol–water partition coefficient (Wildman–Crippen LogP) is 3.33. The van der Waals surface area contributed by atoms with Crippen molar-refractivity contribution < 1.29 is 4.79 Å². The third-order valence-electron chi connectivity index (χ3n) is 4.59. The molecule has 2 atom stereocenters. The highest BCUT2D eigenvalue weighted by molar-refractivity contribution is 8.00. The first kappa shape index (κ1) is 15.3. The van der Waals surface area contributed by atoms with Crippen molar-refractivity contribution in [3.8, 4) is 0 Å². The number of hydrogen-bond donors (Lipinski definition) is 1. The standard InChI is InChI=1S/C19H19N3OS/c23-19-17(13-15-7-3-1-4-8-15)18(16-9-5-2-6-10-16)14-21(19)22-20-11-12-24-22/h1-12,17-18,20H,13-14H2. The summed E-state index contributed by atoms with van der Waals surface area (Å²) in [5, 5.41) is 3.77. The summed E-state index contributed by atoms with van der Waals surface area (Å²) in [6.45, 7) is 0.696. The summed E-state index contributed by atoms with van der Waals surface area (Å²) < 4.78 is 1.82. The molecule has 0 bridgehead atoms. The molecule has 4 nitrogen and oxygen atoms in total. The first-order valence-electron chi connectivity index (χ1n) is 8.11. The summed E-state index contributed by atoms with van der Waals surface area (Å²) >= 11 is 1.50. The lowest BCUT2D eigenvalue weighted by Gasteiger charge is -2.25. The Morgan fingerprint density at radius 1 is 1.04 bits per heavy atom. The van der Waals surface area contributed by atoms with E-state index in [0.29, 0.717) is 6.54 Å². The maximum absolute atomic E-state index is 13.1. The molecule has 24 heavy (non-hydrogen) atoms. The SMILES string of the molecule is O=C1C(Cc2ccccc2)C(c2ccccc2)CN1N1NC=CS1. The Labute approximate surface area is 146 Å². The van der Waals surface area contributed by atoms with Crippen molar-refractivity contribution in [1.82, 2.24) is 15.0 Å². The third-order valence-corrected chi connectivity index (χ3v) is 5.35. The van der Waals surface area contributed by atoms with E-state index in [9.17, 15) is 4.79 Å². The molecule has 1 N–H and O–H groups in total. The Bertz CT molecular complexity index is 727. The molecule has 2 heterocycles. The Morgan fingerprint density at radius 3 is 2.42 bits per heavy atom. The molecule has 2 unspecified atom stereocenters. The average molecular weight is 337 g/mol. The molecule has 122 valence electrons. The molecule has 1 fully saturated rings. The van der Waals surface area contributed by atoms with Gasteiger partial charge >= 0.3 is 0 Å². The number of benzene rings is 2. The lowest BCUT2D eigenvalue weighted by Crippen LogP contribution is -2.44. The van der Waals surface area contributed by atoms with E-state index in [1.165, 1.54) is 23.1 Å². The van der Waals surface area contributed by atoms with Gasteiger partial charge in [0, 0.05) is 24.1 Å². The maximum Gasteiger partial charge on any atom is 0.243 e. The summed E-state index contributed by atoms with van der Waals surface area (Å²) in [6, 6.07) is 20.6. The van der Waals surface area contributed by atoms with Gasteiger partial charge in [0.1, 0.15) is 0 Å². The molecule has 0 aliphatic carbocycles. The van der Waals surface area contributed by atoms with Crippen molar-refractivity contribution in [1.29, 1.82) is 0 Å². The van der Waals surface area contributed by atoms with Crippen LogP contribution in [0.3, 0.4) is 0 Å². The number of carbonyl (C=O) groups is 1. The van der Waals surface area contributed by atoms with E-state index >= 15 is 0 Å². The number of amides is 1. The van der Waals surface area contributed by atoms with E-state index in [2.05, 4.69) is 29.7 Å². The molecule has 1 amide bonds. The second kappa shape index (κ2) is 6.71. The van der Waals surface area contributed by atoms with Crippen molar-refractivity contribution in [3.63, 3.8) is 0 Å². The van der Waals surface area contributed by atoms with Gasteiger partial charge in [0.05, 0.1) is 5.92 Å². The lowest BCUT2D eigenvalue weighted by molar-refractivity contribution is -0.140. The first-order chi connectivity index (χ1) is 11.8. The highest BCUT2D eigenvalue weighted by atomic mass is 32.2. The van der Waals surface area contributed by atoms with Crippen molar-refractivity contribution in [2.24, 2.45) is 5.92 Å². The van der Waals surface area contributed by atoms with Gasteiger partial charge in [-0.05, 0) is 29.5 Å². The van der Waals surface area contributed by atoms with Crippen LogP contribution >= 0.6 is 11.9 Å². The fourth-order valence-electron chi connectivity index (χ4n) is 3.41. The number of hydrogen-bond acceptors (Lipinski definition) is 4. The van der Waals surface area contributed by atoms with Crippen LogP contribution in [0.5, 0.6) is 0 Å². The highest BCUT2D eigenvalue weighted by Gasteiger charge is 2.44. The number of nitrogens with one attached hydrogen (secondary N) is 1. The van der Waals surface area contributed by atoms with E-state index in [-0.39, 0.29) is 17.7 Å². The second-order valence-corrected chi connectivity index (χ2v) is 6.87. The van der Waals surface area contributed by atoms with Gasteiger partial charge in [0.15, 0.2) is 0 Å². The Kier molecular flexibility index (Phi) is 4.28. The molecule has 2 aromatic rings. The minimum absolute atomic E-state index is 0.0437. The van der Waals surface area contributed by atoms with Gasteiger partial charge in [-0.2, -0.15) is 0 Å². The Morgan fingerprint density at radius 2 is 1.75 bits per heavy atom. The first-order valence-corrected chi connectivity index (χ1v) is 8.95. The van der Waals surface area contributed by atoms with Crippen molar-refractivity contribution >= 4 is 17.9 Å². The van der Waals surface area contributed by atoms with Gasteiger partial charge in [-0.25, -0.2) is 5.01 Å². The quantitative estimate of drug-likeness (QED) is 0.868. The molecule has 0 radical (unpaired) electrons. The minimum Gasteiger partial charge on any atom is -0.298 e. The number of hydrazine groups is 2. The summed E-state index contributed by atoms with van der Waals surface area (Å²) in [5.41, 5.74) is 5.54. The van der Waals surface area contributed by atoms with Gasteiger partial charge in [-0.3, -0.25) is 10.2 Å². The Hall–Kier alpha value is -2.24. The molecule has 5 heteroatoms. The van der Waals surface area contributed by atoms with Gasteiger partial charge in [-0.1, -0.05) is 65.2 Å². The van der Waals surface area contributed by atoms with E-state index in [0.717, 1.165) is 6.42 Å². The van der Waals surface area contributed by atoms with Gasteiger partial charge in [0.2, 0.25) is 5.91 Å². The zero-order valence-electron chi connectivity index (χ0n) is 13.2. The molecule has 2 aromatic carbocycles. The lowest BCUT2D eigenvalue weighted by atomic mass is 9.84. The van der Waals surface area contributed by atoms with Crippen LogP contribution in [0.2, 0.25) is 0 Å². The topological polar surface area (TPSA) is 35.6 Å². The van der Waals surface area contributed by atoms with Gasteiger partial charge in [0.25, 0.3) is 0 Å².